The summed E-state index contributed by atoms with van der Waals surface area (Å²) in [6.45, 7) is 4.05. The van der Waals surface area contributed by atoms with Gasteiger partial charge in [0.1, 0.15) is 11.5 Å². The lowest BCUT2D eigenvalue weighted by atomic mass is 10.1. The molecule has 0 heterocycles. The quantitative estimate of drug-likeness (QED) is 0.757. The zero-order valence-corrected chi connectivity index (χ0v) is 12.5. The van der Waals surface area contributed by atoms with Crippen LogP contribution in [0.25, 0.3) is 0 Å². The molecule has 0 spiro atoms. The summed E-state index contributed by atoms with van der Waals surface area (Å²) in [6.07, 6.45) is 1.77. The Morgan fingerprint density at radius 1 is 0.905 bits per heavy atom. The first kappa shape index (κ1) is 15.4. The number of nitrogens with two attached hydrogens (primary N) is 1. The Balaban J connectivity index is 1.66. The highest BCUT2D eigenvalue weighted by molar-refractivity contribution is 5.31. The van der Waals surface area contributed by atoms with Crippen molar-refractivity contribution in [3.8, 4) is 11.5 Å². The lowest BCUT2D eigenvalue weighted by Gasteiger charge is -2.10. The SMILES string of the molecule is Cc1ccccc1OCCCOc1ccc(CCN)cc1. The van der Waals surface area contributed by atoms with Crippen LogP contribution in [0.15, 0.2) is 48.5 Å². The monoisotopic (exact) mass is 285 g/mol. The summed E-state index contributed by atoms with van der Waals surface area (Å²) in [6, 6.07) is 16.2. The zero-order valence-electron chi connectivity index (χ0n) is 12.5. The van der Waals surface area contributed by atoms with E-state index >= 15 is 0 Å². The number of para-hydroxylation sites is 1. The van der Waals surface area contributed by atoms with E-state index in [4.69, 9.17) is 15.2 Å². The fourth-order valence-corrected chi connectivity index (χ4v) is 2.07. The highest BCUT2D eigenvalue weighted by atomic mass is 16.5. The van der Waals surface area contributed by atoms with Crippen LogP contribution < -0.4 is 15.2 Å². The van der Waals surface area contributed by atoms with E-state index < -0.39 is 0 Å². The van der Waals surface area contributed by atoms with Crippen molar-refractivity contribution in [3.05, 3.63) is 59.7 Å². The predicted octanol–water partition coefficient (Wildman–Crippen LogP) is 3.34. The average Bonchev–Trinajstić information content (AvgIpc) is 2.51. The van der Waals surface area contributed by atoms with E-state index in [1.807, 2.05) is 30.3 Å². The van der Waals surface area contributed by atoms with Gasteiger partial charge < -0.3 is 15.2 Å². The van der Waals surface area contributed by atoms with Crippen molar-refractivity contribution in [1.82, 2.24) is 0 Å². The average molecular weight is 285 g/mol. The van der Waals surface area contributed by atoms with Gasteiger partial charge in [0.15, 0.2) is 0 Å². The molecule has 0 saturated heterocycles. The molecule has 0 radical (unpaired) electrons. The van der Waals surface area contributed by atoms with Crippen LogP contribution in [0.5, 0.6) is 11.5 Å². The molecular formula is C18H23NO2. The minimum atomic E-state index is 0.655. The smallest absolute Gasteiger partial charge is 0.122 e. The van der Waals surface area contributed by atoms with E-state index in [-0.39, 0.29) is 0 Å². The maximum absolute atomic E-state index is 5.73. The summed E-state index contributed by atoms with van der Waals surface area (Å²) in [4.78, 5) is 0. The number of rotatable bonds is 8. The molecule has 0 aliphatic rings. The number of hydrogen-bond donors (Lipinski definition) is 1. The summed E-state index contributed by atoms with van der Waals surface area (Å²) < 4.78 is 11.4. The van der Waals surface area contributed by atoms with Crippen LogP contribution >= 0.6 is 0 Å². The van der Waals surface area contributed by atoms with Crippen molar-refractivity contribution in [2.45, 2.75) is 19.8 Å². The molecule has 0 aliphatic heterocycles. The molecule has 0 bridgehead atoms. The third-order valence-electron chi connectivity index (χ3n) is 3.26. The third-order valence-corrected chi connectivity index (χ3v) is 3.26. The predicted molar refractivity (Wildman–Crippen MR) is 86.0 cm³/mol. The molecule has 0 aromatic heterocycles. The molecular weight excluding hydrogens is 262 g/mol. The lowest BCUT2D eigenvalue weighted by Crippen LogP contribution is -2.06. The minimum absolute atomic E-state index is 0.655. The molecule has 2 N–H and O–H groups in total. The summed E-state index contributed by atoms with van der Waals surface area (Å²) >= 11 is 0. The lowest BCUT2D eigenvalue weighted by molar-refractivity contribution is 0.246. The van der Waals surface area contributed by atoms with Gasteiger partial charge in [0.2, 0.25) is 0 Å². The van der Waals surface area contributed by atoms with Crippen molar-refractivity contribution in [3.63, 3.8) is 0 Å². The van der Waals surface area contributed by atoms with Gasteiger partial charge in [0, 0.05) is 6.42 Å². The topological polar surface area (TPSA) is 44.5 Å². The Kier molecular flexibility index (Phi) is 6.10. The maximum Gasteiger partial charge on any atom is 0.122 e. The first-order valence-electron chi connectivity index (χ1n) is 7.40. The summed E-state index contributed by atoms with van der Waals surface area (Å²) in [5, 5.41) is 0. The van der Waals surface area contributed by atoms with Crippen LogP contribution in [0.2, 0.25) is 0 Å². The van der Waals surface area contributed by atoms with Crippen LogP contribution in [0.1, 0.15) is 17.5 Å². The first-order valence-corrected chi connectivity index (χ1v) is 7.40. The normalized spacial score (nSPS) is 10.4. The largest absolute Gasteiger partial charge is 0.493 e. The molecule has 0 unspecified atom stereocenters. The Morgan fingerprint density at radius 2 is 1.62 bits per heavy atom. The van der Waals surface area contributed by atoms with Crippen LogP contribution in [0.3, 0.4) is 0 Å². The van der Waals surface area contributed by atoms with Gasteiger partial charge >= 0.3 is 0 Å². The van der Waals surface area contributed by atoms with Gasteiger partial charge in [0.05, 0.1) is 13.2 Å². The molecule has 21 heavy (non-hydrogen) atoms. The number of hydrogen-bond acceptors (Lipinski definition) is 3. The zero-order chi connectivity index (χ0) is 14.9. The molecule has 2 rings (SSSR count). The standard InChI is InChI=1S/C18H23NO2/c1-15-5-2-3-6-18(15)21-14-4-13-20-17-9-7-16(8-10-17)11-12-19/h2-3,5-10H,4,11-14,19H2,1H3. The number of aryl methyl sites for hydroxylation is 1. The van der Waals surface area contributed by atoms with Crippen molar-refractivity contribution in [2.24, 2.45) is 5.73 Å². The minimum Gasteiger partial charge on any atom is -0.493 e. The second-order valence-electron chi connectivity index (χ2n) is 5.00. The summed E-state index contributed by atoms with van der Waals surface area (Å²) in [5.41, 5.74) is 7.93. The molecule has 0 saturated carbocycles. The fraction of sp³-hybridized carbons (Fsp3) is 0.333. The highest BCUT2D eigenvalue weighted by Gasteiger charge is 1.98. The van der Waals surface area contributed by atoms with E-state index in [1.165, 1.54) is 5.56 Å². The second kappa shape index (κ2) is 8.32. The molecule has 2 aromatic carbocycles. The summed E-state index contributed by atoms with van der Waals surface area (Å²) in [5.74, 6) is 1.84. The molecule has 0 amide bonds. The van der Waals surface area contributed by atoms with Gasteiger partial charge in [-0.1, -0.05) is 30.3 Å². The van der Waals surface area contributed by atoms with Gasteiger partial charge in [-0.05, 0) is 49.2 Å². The second-order valence-corrected chi connectivity index (χ2v) is 5.00. The van der Waals surface area contributed by atoms with E-state index in [2.05, 4.69) is 25.1 Å². The fourth-order valence-electron chi connectivity index (χ4n) is 2.07. The van der Waals surface area contributed by atoms with Crippen molar-refractivity contribution in [2.75, 3.05) is 19.8 Å². The Labute approximate surface area is 126 Å². The molecule has 3 heteroatoms. The Hall–Kier alpha value is -2.00. The van der Waals surface area contributed by atoms with Gasteiger partial charge in [-0.15, -0.1) is 0 Å². The van der Waals surface area contributed by atoms with E-state index in [0.29, 0.717) is 19.8 Å². The number of ether oxygens (including phenoxy) is 2. The Bertz CT molecular complexity index is 537. The Morgan fingerprint density at radius 3 is 2.33 bits per heavy atom. The van der Waals surface area contributed by atoms with E-state index in [9.17, 15) is 0 Å². The molecule has 112 valence electrons. The number of benzene rings is 2. The van der Waals surface area contributed by atoms with Crippen molar-refractivity contribution >= 4 is 0 Å². The van der Waals surface area contributed by atoms with Crippen molar-refractivity contribution < 1.29 is 9.47 Å². The highest BCUT2D eigenvalue weighted by Crippen LogP contribution is 2.16. The van der Waals surface area contributed by atoms with Gasteiger partial charge in [-0.2, -0.15) is 0 Å². The van der Waals surface area contributed by atoms with Crippen LogP contribution in [0.4, 0.5) is 0 Å². The molecule has 3 nitrogen and oxygen atoms in total. The summed E-state index contributed by atoms with van der Waals surface area (Å²) in [7, 11) is 0. The third kappa shape index (κ3) is 5.12. The molecule has 0 atom stereocenters. The van der Waals surface area contributed by atoms with Crippen LogP contribution in [-0.4, -0.2) is 19.8 Å². The van der Waals surface area contributed by atoms with Crippen molar-refractivity contribution in [1.29, 1.82) is 0 Å². The molecule has 0 aliphatic carbocycles. The van der Waals surface area contributed by atoms with Gasteiger partial charge in [0.25, 0.3) is 0 Å². The van der Waals surface area contributed by atoms with Gasteiger partial charge in [-0.3, -0.25) is 0 Å². The van der Waals surface area contributed by atoms with Gasteiger partial charge in [-0.25, -0.2) is 0 Å². The maximum atomic E-state index is 5.73. The van der Waals surface area contributed by atoms with Crippen LogP contribution in [0, 0.1) is 6.92 Å². The molecule has 0 fully saturated rings. The van der Waals surface area contributed by atoms with E-state index in [0.717, 1.165) is 29.9 Å². The van der Waals surface area contributed by atoms with Crippen LogP contribution in [-0.2, 0) is 6.42 Å². The first-order chi connectivity index (χ1) is 10.3. The van der Waals surface area contributed by atoms with E-state index in [1.54, 1.807) is 0 Å². The molecule has 2 aromatic rings.